The van der Waals surface area contributed by atoms with Gasteiger partial charge in [-0.25, -0.2) is 15.8 Å². The molecule has 5 heteroatoms. The smallest absolute Gasteiger partial charge is 0.148 e. The van der Waals surface area contributed by atoms with E-state index in [1.54, 1.807) is 0 Å². The van der Waals surface area contributed by atoms with Gasteiger partial charge in [-0.1, -0.05) is 13.8 Å². The van der Waals surface area contributed by atoms with Gasteiger partial charge in [0.25, 0.3) is 0 Å². The molecule has 0 saturated heterocycles. The van der Waals surface area contributed by atoms with Gasteiger partial charge < -0.3 is 10.3 Å². The fourth-order valence-corrected chi connectivity index (χ4v) is 1.36. The molecule has 1 heterocycles. The molecule has 0 aliphatic carbocycles. The average molecular weight is 209 g/mol. The van der Waals surface area contributed by atoms with Crippen molar-refractivity contribution in [1.82, 2.24) is 9.97 Å². The molecule has 0 aliphatic heterocycles. The number of hydrogen-bond donors (Lipinski definition) is 2. The van der Waals surface area contributed by atoms with Crippen molar-refractivity contribution in [2.24, 2.45) is 5.84 Å². The van der Waals surface area contributed by atoms with Crippen molar-refractivity contribution >= 4 is 11.6 Å². The average Bonchev–Trinajstić information content (AvgIpc) is 2.17. The van der Waals surface area contributed by atoms with Crippen LogP contribution in [0, 0.1) is 6.92 Å². The Hall–Kier alpha value is -1.36. The normalized spacial score (nSPS) is 10.6. The number of aromatic nitrogens is 2. The summed E-state index contributed by atoms with van der Waals surface area (Å²) >= 11 is 0. The van der Waals surface area contributed by atoms with Crippen molar-refractivity contribution in [3.05, 3.63) is 11.4 Å². The molecule has 5 nitrogen and oxygen atoms in total. The SMILES string of the molecule is Cc1c(NN)nc(C(C)C)nc1N(C)C. The third kappa shape index (κ3) is 2.36. The number of nitrogens with two attached hydrogens (primary N) is 1. The molecule has 0 aliphatic rings. The molecule has 0 amide bonds. The number of nitrogen functional groups attached to an aromatic ring is 1. The van der Waals surface area contributed by atoms with E-state index in [9.17, 15) is 0 Å². The zero-order chi connectivity index (χ0) is 11.6. The van der Waals surface area contributed by atoms with Crippen LogP contribution in [0.5, 0.6) is 0 Å². The van der Waals surface area contributed by atoms with Crippen LogP contribution in [0.4, 0.5) is 11.6 Å². The summed E-state index contributed by atoms with van der Waals surface area (Å²) in [6, 6.07) is 0. The molecule has 1 aromatic rings. The van der Waals surface area contributed by atoms with Crippen molar-refractivity contribution in [2.75, 3.05) is 24.4 Å². The van der Waals surface area contributed by atoms with Crippen molar-refractivity contribution in [3.63, 3.8) is 0 Å². The van der Waals surface area contributed by atoms with Crippen molar-refractivity contribution in [3.8, 4) is 0 Å². The van der Waals surface area contributed by atoms with E-state index in [2.05, 4.69) is 29.2 Å². The van der Waals surface area contributed by atoms with Gasteiger partial charge in [-0.3, -0.25) is 0 Å². The topological polar surface area (TPSA) is 67.1 Å². The number of hydrazine groups is 1. The Labute approximate surface area is 90.7 Å². The maximum absolute atomic E-state index is 5.43. The summed E-state index contributed by atoms with van der Waals surface area (Å²) in [6.45, 7) is 6.07. The Morgan fingerprint density at radius 3 is 2.27 bits per heavy atom. The lowest BCUT2D eigenvalue weighted by molar-refractivity contribution is 0.768. The summed E-state index contributed by atoms with van der Waals surface area (Å²) in [5, 5.41) is 0. The summed E-state index contributed by atoms with van der Waals surface area (Å²) in [7, 11) is 3.92. The van der Waals surface area contributed by atoms with Gasteiger partial charge in [0, 0.05) is 25.6 Å². The van der Waals surface area contributed by atoms with Crippen LogP contribution in [0.1, 0.15) is 31.2 Å². The van der Waals surface area contributed by atoms with E-state index in [0.717, 1.165) is 17.2 Å². The zero-order valence-corrected chi connectivity index (χ0v) is 10.00. The molecule has 0 atom stereocenters. The van der Waals surface area contributed by atoms with Gasteiger partial charge in [-0.2, -0.15) is 0 Å². The van der Waals surface area contributed by atoms with Crippen LogP contribution < -0.4 is 16.2 Å². The Kier molecular flexibility index (Phi) is 3.47. The minimum Gasteiger partial charge on any atom is -0.362 e. The first-order valence-corrected chi connectivity index (χ1v) is 4.99. The number of hydrogen-bond acceptors (Lipinski definition) is 5. The Morgan fingerprint density at radius 2 is 1.87 bits per heavy atom. The number of nitrogens with one attached hydrogen (secondary N) is 1. The molecule has 0 saturated carbocycles. The Morgan fingerprint density at radius 1 is 1.27 bits per heavy atom. The highest BCUT2D eigenvalue weighted by molar-refractivity contribution is 5.57. The predicted octanol–water partition coefficient (Wildman–Crippen LogP) is 1.26. The third-order valence-electron chi connectivity index (χ3n) is 2.21. The summed E-state index contributed by atoms with van der Waals surface area (Å²) in [5.41, 5.74) is 3.57. The predicted molar refractivity (Wildman–Crippen MR) is 63.0 cm³/mol. The number of anilines is 2. The Bertz CT molecular complexity index is 346. The van der Waals surface area contributed by atoms with Gasteiger partial charge >= 0.3 is 0 Å². The van der Waals surface area contributed by atoms with Crippen molar-refractivity contribution in [1.29, 1.82) is 0 Å². The highest BCUT2D eigenvalue weighted by Crippen LogP contribution is 2.23. The van der Waals surface area contributed by atoms with Crippen LogP contribution in [-0.2, 0) is 0 Å². The minimum absolute atomic E-state index is 0.288. The highest BCUT2D eigenvalue weighted by atomic mass is 15.3. The van der Waals surface area contributed by atoms with E-state index in [-0.39, 0.29) is 5.92 Å². The molecule has 1 aromatic heterocycles. The van der Waals surface area contributed by atoms with Crippen LogP contribution in [0.25, 0.3) is 0 Å². The first-order valence-electron chi connectivity index (χ1n) is 4.99. The van der Waals surface area contributed by atoms with E-state index >= 15 is 0 Å². The minimum atomic E-state index is 0.288. The number of rotatable bonds is 3. The highest BCUT2D eigenvalue weighted by Gasteiger charge is 2.13. The Balaban J connectivity index is 3.32. The van der Waals surface area contributed by atoms with Crippen molar-refractivity contribution in [2.45, 2.75) is 26.7 Å². The molecule has 0 unspecified atom stereocenters. The van der Waals surface area contributed by atoms with Crippen LogP contribution in [-0.4, -0.2) is 24.1 Å². The number of nitrogens with zero attached hydrogens (tertiary/aromatic N) is 3. The molecule has 1 rings (SSSR count). The van der Waals surface area contributed by atoms with Gasteiger partial charge in [-0.15, -0.1) is 0 Å². The first kappa shape index (κ1) is 11.7. The second kappa shape index (κ2) is 4.44. The van der Waals surface area contributed by atoms with E-state index in [0.29, 0.717) is 5.82 Å². The molecule has 0 bridgehead atoms. The van der Waals surface area contributed by atoms with Crippen molar-refractivity contribution < 1.29 is 0 Å². The molecular weight excluding hydrogens is 190 g/mol. The first-order chi connectivity index (χ1) is 6.97. The summed E-state index contributed by atoms with van der Waals surface area (Å²) in [4.78, 5) is 10.8. The zero-order valence-electron chi connectivity index (χ0n) is 10.00. The van der Waals surface area contributed by atoms with Gasteiger partial charge in [-0.05, 0) is 6.92 Å². The molecule has 3 N–H and O–H groups in total. The molecular formula is C10H19N5. The second-order valence-corrected chi connectivity index (χ2v) is 4.07. The molecule has 84 valence electrons. The van der Waals surface area contributed by atoms with E-state index in [1.807, 2.05) is 25.9 Å². The fraction of sp³-hybridized carbons (Fsp3) is 0.600. The second-order valence-electron chi connectivity index (χ2n) is 4.07. The molecule has 0 radical (unpaired) electrons. The maximum Gasteiger partial charge on any atom is 0.148 e. The lowest BCUT2D eigenvalue weighted by Crippen LogP contribution is -2.19. The van der Waals surface area contributed by atoms with Crippen LogP contribution in [0.2, 0.25) is 0 Å². The third-order valence-corrected chi connectivity index (χ3v) is 2.21. The summed E-state index contributed by atoms with van der Waals surface area (Å²) < 4.78 is 0. The van der Waals surface area contributed by atoms with E-state index in [4.69, 9.17) is 5.84 Å². The fourth-order valence-electron chi connectivity index (χ4n) is 1.36. The lowest BCUT2D eigenvalue weighted by atomic mass is 10.2. The van der Waals surface area contributed by atoms with Gasteiger partial charge in [0.05, 0.1) is 0 Å². The summed E-state index contributed by atoms with van der Waals surface area (Å²) in [6.07, 6.45) is 0. The van der Waals surface area contributed by atoms with Crippen LogP contribution in [0.15, 0.2) is 0 Å². The van der Waals surface area contributed by atoms with E-state index in [1.165, 1.54) is 0 Å². The van der Waals surface area contributed by atoms with Gasteiger partial charge in [0.15, 0.2) is 0 Å². The molecule has 0 spiro atoms. The monoisotopic (exact) mass is 209 g/mol. The molecule has 0 fully saturated rings. The lowest BCUT2D eigenvalue weighted by Gasteiger charge is -2.18. The van der Waals surface area contributed by atoms with E-state index < -0.39 is 0 Å². The molecule has 0 aromatic carbocycles. The summed E-state index contributed by atoms with van der Waals surface area (Å²) in [5.74, 6) is 8.12. The largest absolute Gasteiger partial charge is 0.362 e. The molecule has 15 heavy (non-hydrogen) atoms. The standard InChI is InChI=1S/C10H19N5/c1-6(2)8-12-9(14-11)7(3)10(13-8)15(4)5/h6H,11H2,1-5H3,(H,12,13,14). The van der Waals surface area contributed by atoms with Gasteiger partial charge in [0.2, 0.25) is 0 Å². The maximum atomic E-state index is 5.43. The van der Waals surface area contributed by atoms with Crippen LogP contribution in [0.3, 0.4) is 0 Å². The quantitative estimate of drug-likeness (QED) is 0.579. The van der Waals surface area contributed by atoms with Gasteiger partial charge in [0.1, 0.15) is 17.5 Å². The van der Waals surface area contributed by atoms with Crippen LogP contribution >= 0.6 is 0 Å².